The van der Waals surface area contributed by atoms with Crippen LogP contribution >= 0.6 is 0 Å². The summed E-state index contributed by atoms with van der Waals surface area (Å²) in [4.78, 5) is 27.3. The number of rotatable bonds is 5. The molecule has 30 heavy (non-hydrogen) atoms. The second-order valence-electron chi connectivity index (χ2n) is 7.60. The molecule has 156 valence electrons. The lowest BCUT2D eigenvalue weighted by atomic mass is 9.72. The molecule has 6 nitrogen and oxygen atoms in total. The zero-order valence-corrected chi connectivity index (χ0v) is 16.9. The molecule has 6 heteroatoms. The number of fused-ring (bicyclic) bond motifs is 1. The average Bonchev–Trinajstić information content (AvgIpc) is 2.82. The first-order valence-electron chi connectivity index (χ1n) is 10.3. The average molecular weight is 406 g/mol. The molecule has 2 aromatic carbocycles. The van der Waals surface area contributed by atoms with Gasteiger partial charge in [0.05, 0.1) is 5.41 Å². The molecule has 2 amide bonds. The lowest BCUT2D eigenvalue weighted by Gasteiger charge is -2.40. The number of amides is 2. The number of carbonyl (C=O) groups excluding carboxylic acids is 2. The van der Waals surface area contributed by atoms with Crippen LogP contribution in [0.1, 0.15) is 24.0 Å². The van der Waals surface area contributed by atoms with Crippen molar-refractivity contribution in [3.63, 3.8) is 0 Å². The molecule has 0 spiro atoms. The van der Waals surface area contributed by atoms with Crippen molar-refractivity contribution in [2.24, 2.45) is 0 Å². The standard InChI is InChI=1S/C24H26N2O4/c1-2-21(27)26-13-11-24(12-14-26,19-8-4-3-5-9-19)23(28)25-17-18-7-6-10-20-22(18)30-16-15-29-20/h2-10H,1,11-17H2,(H,25,28). The van der Waals surface area contributed by atoms with Crippen LogP contribution in [0.4, 0.5) is 0 Å². The van der Waals surface area contributed by atoms with Gasteiger partial charge in [-0.2, -0.15) is 0 Å². The highest BCUT2D eigenvalue weighted by molar-refractivity contribution is 5.90. The molecule has 4 rings (SSSR count). The van der Waals surface area contributed by atoms with Crippen LogP contribution in [0.15, 0.2) is 61.2 Å². The molecule has 0 radical (unpaired) electrons. The fourth-order valence-corrected chi connectivity index (χ4v) is 4.26. The summed E-state index contributed by atoms with van der Waals surface area (Å²) in [7, 11) is 0. The van der Waals surface area contributed by atoms with E-state index in [9.17, 15) is 9.59 Å². The first-order chi connectivity index (χ1) is 14.6. The maximum Gasteiger partial charge on any atom is 0.245 e. The van der Waals surface area contributed by atoms with Gasteiger partial charge in [-0.05, 0) is 30.5 Å². The largest absolute Gasteiger partial charge is 0.486 e. The number of piperidine rings is 1. The van der Waals surface area contributed by atoms with Gasteiger partial charge in [0.25, 0.3) is 0 Å². The first-order valence-corrected chi connectivity index (χ1v) is 10.3. The highest BCUT2D eigenvalue weighted by atomic mass is 16.6. The summed E-state index contributed by atoms with van der Waals surface area (Å²) in [5.41, 5.74) is 1.19. The summed E-state index contributed by atoms with van der Waals surface area (Å²) in [5, 5.41) is 3.12. The van der Waals surface area contributed by atoms with E-state index in [0.29, 0.717) is 57.2 Å². The summed E-state index contributed by atoms with van der Waals surface area (Å²) in [6, 6.07) is 15.5. The Hall–Kier alpha value is -3.28. The number of benzene rings is 2. The van der Waals surface area contributed by atoms with E-state index >= 15 is 0 Å². The molecule has 2 aliphatic rings. The Morgan fingerprint density at radius 3 is 2.50 bits per heavy atom. The van der Waals surface area contributed by atoms with Crippen molar-refractivity contribution < 1.29 is 19.1 Å². The fraction of sp³-hybridized carbons (Fsp3) is 0.333. The van der Waals surface area contributed by atoms with Gasteiger partial charge >= 0.3 is 0 Å². The number of nitrogens with zero attached hydrogens (tertiary/aromatic N) is 1. The predicted octanol–water partition coefficient (Wildman–Crippen LogP) is 2.82. The zero-order valence-electron chi connectivity index (χ0n) is 16.9. The van der Waals surface area contributed by atoms with Crippen LogP contribution in [0.5, 0.6) is 11.5 Å². The normalized spacial score (nSPS) is 17.1. The minimum atomic E-state index is -0.675. The Labute approximate surface area is 176 Å². The third-order valence-corrected chi connectivity index (χ3v) is 5.95. The molecule has 1 N–H and O–H groups in total. The van der Waals surface area contributed by atoms with Crippen LogP contribution in [0.3, 0.4) is 0 Å². The molecule has 0 aliphatic carbocycles. The van der Waals surface area contributed by atoms with Gasteiger partial charge in [0, 0.05) is 25.2 Å². The van der Waals surface area contributed by atoms with Crippen LogP contribution in [0.25, 0.3) is 0 Å². The quantitative estimate of drug-likeness (QED) is 0.776. The maximum atomic E-state index is 13.5. The van der Waals surface area contributed by atoms with Crippen molar-refractivity contribution in [1.82, 2.24) is 10.2 Å². The minimum Gasteiger partial charge on any atom is -0.486 e. The number of hydrogen-bond donors (Lipinski definition) is 1. The summed E-state index contributed by atoms with van der Waals surface area (Å²) < 4.78 is 11.4. The van der Waals surface area contributed by atoms with Gasteiger partial charge in [-0.1, -0.05) is 49.0 Å². The highest BCUT2D eigenvalue weighted by Gasteiger charge is 2.43. The molecule has 2 aromatic rings. The van der Waals surface area contributed by atoms with E-state index in [1.807, 2.05) is 48.5 Å². The Morgan fingerprint density at radius 1 is 1.03 bits per heavy atom. The third kappa shape index (κ3) is 3.77. The van der Waals surface area contributed by atoms with Crippen molar-refractivity contribution >= 4 is 11.8 Å². The summed E-state index contributed by atoms with van der Waals surface area (Å²) in [6.45, 7) is 5.99. The Bertz CT molecular complexity index is 933. The van der Waals surface area contributed by atoms with Crippen LogP contribution in [-0.4, -0.2) is 43.0 Å². The Kier molecular flexibility index (Phi) is 5.74. The van der Waals surface area contributed by atoms with Gasteiger partial charge in [-0.15, -0.1) is 0 Å². The molecule has 2 heterocycles. The van der Waals surface area contributed by atoms with Crippen LogP contribution < -0.4 is 14.8 Å². The van der Waals surface area contributed by atoms with Crippen LogP contribution in [-0.2, 0) is 21.5 Å². The Morgan fingerprint density at radius 2 is 1.77 bits per heavy atom. The van der Waals surface area contributed by atoms with Crippen molar-refractivity contribution in [1.29, 1.82) is 0 Å². The molecule has 0 unspecified atom stereocenters. The van der Waals surface area contributed by atoms with E-state index in [0.717, 1.165) is 11.1 Å². The molecular formula is C24H26N2O4. The van der Waals surface area contributed by atoms with E-state index in [4.69, 9.17) is 9.47 Å². The number of para-hydroxylation sites is 1. The molecule has 2 aliphatic heterocycles. The predicted molar refractivity (Wildman–Crippen MR) is 113 cm³/mol. The monoisotopic (exact) mass is 406 g/mol. The summed E-state index contributed by atoms with van der Waals surface area (Å²) in [6.07, 6.45) is 2.46. The topological polar surface area (TPSA) is 67.9 Å². The van der Waals surface area contributed by atoms with E-state index in [2.05, 4.69) is 11.9 Å². The van der Waals surface area contributed by atoms with Crippen molar-refractivity contribution in [3.05, 3.63) is 72.3 Å². The minimum absolute atomic E-state index is 0.0336. The molecule has 0 aromatic heterocycles. The van der Waals surface area contributed by atoms with Crippen molar-refractivity contribution in [2.75, 3.05) is 26.3 Å². The van der Waals surface area contributed by atoms with E-state index in [1.165, 1.54) is 6.08 Å². The first kappa shape index (κ1) is 20.0. The molecule has 0 saturated carbocycles. The van der Waals surface area contributed by atoms with Gasteiger partial charge in [-0.3, -0.25) is 9.59 Å². The molecule has 0 bridgehead atoms. The SMILES string of the molecule is C=CC(=O)N1CCC(C(=O)NCc2cccc3c2OCCO3)(c2ccccc2)CC1. The highest BCUT2D eigenvalue weighted by Crippen LogP contribution is 2.37. The number of likely N-dealkylation sites (tertiary alicyclic amines) is 1. The smallest absolute Gasteiger partial charge is 0.245 e. The van der Waals surface area contributed by atoms with Crippen molar-refractivity contribution in [3.8, 4) is 11.5 Å². The van der Waals surface area contributed by atoms with E-state index in [-0.39, 0.29) is 11.8 Å². The summed E-state index contributed by atoms with van der Waals surface area (Å²) in [5.74, 6) is 1.28. The fourth-order valence-electron chi connectivity index (χ4n) is 4.26. The molecule has 1 saturated heterocycles. The van der Waals surface area contributed by atoms with Crippen LogP contribution in [0, 0.1) is 0 Å². The second kappa shape index (κ2) is 8.61. The third-order valence-electron chi connectivity index (χ3n) is 5.95. The lowest BCUT2D eigenvalue weighted by Crippen LogP contribution is -2.52. The summed E-state index contributed by atoms with van der Waals surface area (Å²) >= 11 is 0. The van der Waals surface area contributed by atoms with Crippen LogP contribution in [0.2, 0.25) is 0 Å². The zero-order chi connectivity index (χ0) is 21.0. The van der Waals surface area contributed by atoms with Gasteiger partial charge in [0.1, 0.15) is 13.2 Å². The van der Waals surface area contributed by atoms with Gasteiger partial charge in [0.15, 0.2) is 11.5 Å². The Balaban J connectivity index is 1.54. The van der Waals surface area contributed by atoms with E-state index < -0.39 is 5.41 Å². The van der Waals surface area contributed by atoms with Gasteiger partial charge in [-0.25, -0.2) is 0 Å². The number of ether oxygens (including phenoxy) is 2. The lowest BCUT2D eigenvalue weighted by molar-refractivity contribution is -0.134. The molecule has 1 fully saturated rings. The molecule has 0 atom stereocenters. The number of carbonyl (C=O) groups is 2. The number of hydrogen-bond acceptors (Lipinski definition) is 4. The van der Waals surface area contributed by atoms with Crippen molar-refractivity contribution in [2.45, 2.75) is 24.8 Å². The molecular weight excluding hydrogens is 380 g/mol. The number of nitrogens with one attached hydrogen (secondary N) is 1. The van der Waals surface area contributed by atoms with Gasteiger partial charge in [0.2, 0.25) is 11.8 Å². The maximum absolute atomic E-state index is 13.5. The van der Waals surface area contributed by atoms with E-state index in [1.54, 1.807) is 4.90 Å². The second-order valence-corrected chi connectivity index (χ2v) is 7.60. The van der Waals surface area contributed by atoms with Gasteiger partial charge < -0.3 is 19.7 Å².